The van der Waals surface area contributed by atoms with Crippen LogP contribution in [0.5, 0.6) is 0 Å². The molecule has 0 aromatic heterocycles. The average Bonchev–Trinajstić information content (AvgIpc) is 2.72. The molecule has 4 aromatic carbocycles. The Kier molecular flexibility index (Phi) is 4.45. The maximum absolute atomic E-state index is 12.9. The molecule has 0 bridgehead atoms. The van der Waals surface area contributed by atoms with Crippen molar-refractivity contribution < 1.29 is 17.8 Å². The summed E-state index contributed by atoms with van der Waals surface area (Å²) in [5.74, 6) is 0.802. The lowest BCUT2D eigenvalue weighted by molar-refractivity contribution is -0.131. The largest absolute Gasteiger partial charge is 0.342 e. The molecule has 5 nitrogen and oxygen atoms in total. The minimum absolute atomic E-state index is 0.0895. The van der Waals surface area contributed by atoms with Crippen LogP contribution in [-0.4, -0.2) is 36.9 Å². The van der Waals surface area contributed by atoms with E-state index < -0.39 is 10.1 Å². The molecule has 1 aliphatic heterocycles. The van der Waals surface area contributed by atoms with Crippen LogP contribution >= 0.6 is 0 Å². The zero-order valence-electron chi connectivity index (χ0n) is 16.8. The first kappa shape index (κ1) is 19.3. The van der Waals surface area contributed by atoms with Crippen molar-refractivity contribution >= 4 is 48.3 Å². The third kappa shape index (κ3) is 3.11. The molecule has 0 saturated carbocycles. The van der Waals surface area contributed by atoms with E-state index in [1.807, 2.05) is 35.2 Å². The van der Waals surface area contributed by atoms with Gasteiger partial charge in [-0.1, -0.05) is 49.4 Å². The number of rotatable bonds is 3. The van der Waals surface area contributed by atoms with Crippen molar-refractivity contribution in [3.8, 4) is 0 Å². The van der Waals surface area contributed by atoms with Gasteiger partial charge in [-0.25, -0.2) is 0 Å². The second-order valence-electron chi connectivity index (χ2n) is 8.43. The molecule has 1 N–H and O–H groups in total. The Morgan fingerprint density at radius 3 is 2.17 bits per heavy atom. The Bertz CT molecular complexity index is 1390. The van der Waals surface area contributed by atoms with Gasteiger partial charge in [0, 0.05) is 18.5 Å². The van der Waals surface area contributed by atoms with E-state index in [1.54, 1.807) is 12.1 Å². The molecule has 1 fully saturated rings. The quantitative estimate of drug-likeness (QED) is 0.387. The molecular formula is C24H23NO4S. The summed E-state index contributed by atoms with van der Waals surface area (Å²) >= 11 is 0. The van der Waals surface area contributed by atoms with Crippen LogP contribution in [0.15, 0.2) is 53.4 Å². The predicted octanol–water partition coefficient (Wildman–Crippen LogP) is 4.63. The van der Waals surface area contributed by atoms with Gasteiger partial charge in [-0.3, -0.25) is 9.35 Å². The van der Waals surface area contributed by atoms with Gasteiger partial charge in [0.1, 0.15) is 4.90 Å². The molecule has 1 aliphatic rings. The van der Waals surface area contributed by atoms with Gasteiger partial charge in [0.2, 0.25) is 5.91 Å². The lowest BCUT2D eigenvalue weighted by Gasteiger charge is -2.30. The maximum Gasteiger partial charge on any atom is 0.295 e. The number of benzene rings is 4. The predicted molar refractivity (Wildman–Crippen MR) is 119 cm³/mol. The van der Waals surface area contributed by atoms with Crippen LogP contribution in [0.2, 0.25) is 0 Å². The summed E-state index contributed by atoms with van der Waals surface area (Å²) in [5.41, 5.74) is 0.942. The van der Waals surface area contributed by atoms with E-state index in [9.17, 15) is 17.8 Å². The number of carbonyl (C=O) groups is 1. The van der Waals surface area contributed by atoms with Gasteiger partial charge in [0.25, 0.3) is 10.1 Å². The lowest BCUT2D eigenvalue weighted by Crippen LogP contribution is -2.38. The minimum Gasteiger partial charge on any atom is -0.342 e. The number of likely N-dealkylation sites (tertiary alicyclic amines) is 1. The summed E-state index contributed by atoms with van der Waals surface area (Å²) in [7, 11) is -4.34. The SMILES string of the molecule is CC1CCN(C(=O)Cc2ccc3ccc4ccc(S(=O)(=O)O)c5ccc2c3c45)CC1. The molecule has 1 saturated heterocycles. The van der Waals surface area contributed by atoms with E-state index >= 15 is 0 Å². The Morgan fingerprint density at radius 2 is 1.50 bits per heavy atom. The van der Waals surface area contributed by atoms with Crippen molar-refractivity contribution in [3.05, 3.63) is 54.1 Å². The fourth-order valence-corrected chi connectivity index (χ4v) is 5.43. The molecule has 1 heterocycles. The van der Waals surface area contributed by atoms with Crippen LogP contribution < -0.4 is 0 Å². The van der Waals surface area contributed by atoms with Gasteiger partial charge in [-0.2, -0.15) is 8.42 Å². The summed E-state index contributed by atoms with van der Waals surface area (Å²) in [4.78, 5) is 14.8. The highest BCUT2D eigenvalue weighted by molar-refractivity contribution is 7.86. The van der Waals surface area contributed by atoms with E-state index in [2.05, 4.69) is 6.92 Å². The minimum atomic E-state index is -4.34. The molecule has 1 amide bonds. The first-order chi connectivity index (χ1) is 14.3. The summed E-state index contributed by atoms with van der Waals surface area (Å²) < 4.78 is 33.5. The first-order valence-corrected chi connectivity index (χ1v) is 11.7. The zero-order chi connectivity index (χ0) is 21.0. The van der Waals surface area contributed by atoms with Gasteiger partial charge >= 0.3 is 0 Å². The second-order valence-corrected chi connectivity index (χ2v) is 9.82. The summed E-state index contributed by atoms with van der Waals surface area (Å²) in [6.07, 6.45) is 2.42. The molecule has 4 aromatic rings. The van der Waals surface area contributed by atoms with E-state index in [0.717, 1.165) is 58.4 Å². The van der Waals surface area contributed by atoms with Crippen LogP contribution in [0.1, 0.15) is 25.3 Å². The number of hydrogen-bond donors (Lipinski definition) is 1. The van der Waals surface area contributed by atoms with Crippen LogP contribution in [0, 0.1) is 5.92 Å². The van der Waals surface area contributed by atoms with Crippen molar-refractivity contribution in [2.75, 3.05) is 13.1 Å². The molecule has 5 rings (SSSR count). The van der Waals surface area contributed by atoms with Gasteiger partial charge in [-0.05, 0) is 57.3 Å². The summed E-state index contributed by atoms with van der Waals surface area (Å²) in [6, 6.07) is 14.7. The third-order valence-corrected chi connectivity index (χ3v) is 7.38. The van der Waals surface area contributed by atoms with Crippen LogP contribution in [-0.2, 0) is 21.3 Å². The maximum atomic E-state index is 12.9. The van der Waals surface area contributed by atoms with Gasteiger partial charge < -0.3 is 4.90 Å². The van der Waals surface area contributed by atoms with Gasteiger partial charge in [0.05, 0.1) is 6.42 Å². The van der Waals surface area contributed by atoms with Crippen molar-refractivity contribution in [2.45, 2.75) is 31.1 Å². The summed E-state index contributed by atoms with van der Waals surface area (Å²) in [5, 5.41) is 5.09. The van der Waals surface area contributed by atoms with Crippen molar-refractivity contribution in [3.63, 3.8) is 0 Å². The van der Waals surface area contributed by atoms with Gasteiger partial charge in [0.15, 0.2) is 0 Å². The Balaban J connectivity index is 1.66. The molecule has 0 unspecified atom stereocenters. The normalized spacial score (nSPS) is 16.1. The number of hydrogen-bond acceptors (Lipinski definition) is 3. The van der Waals surface area contributed by atoms with Crippen LogP contribution in [0.4, 0.5) is 0 Å². The fourth-order valence-electron chi connectivity index (χ4n) is 4.75. The molecule has 0 atom stereocenters. The number of carbonyl (C=O) groups excluding carboxylic acids is 1. The number of amides is 1. The Hall–Kier alpha value is -2.70. The third-order valence-electron chi connectivity index (χ3n) is 6.47. The smallest absolute Gasteiger partial charge is 0.295 e. The van der Waals surface area contributed by atoms with Gasteiger partial charge in [-0.15, -0.1) is 0 Å². The topological polar surface area (TPSA) is 74.7 Å². The Labute approximate surface area is 175 Å². The molecule has 0 spiro atoms. The van der Waals surface area contributed by atoms with Crippen molar-refractivity contribution in [1.82, 2.24) is 4.90 Å². The first-order valence-electron chi connectivity index (χ1n) is 10.3. The van der Waals surface area contributed by atoms with E-state index in [1.165, 1.54) is 6.07 Å². The lowest BCUT2D eigenvalue weighted by atomic mass is 9.91. The van der Waals surface area contributed by atoms with E-state index in [-0.39, 0.29) is 10.8 Å². The molecule has 30 heavy (non-hydrogen) atoms. The number of piperidine rings is 1. The molecule has 0 aliphatic carbocycles. The standard InChI is InChI=1S/C24H23NO4S/c1-15-10-12-25(13-11-15)22(26)14-18-5-4-16-2-3-17-6-9-21(30(27,28)29)20-8-7-19(18)23(16)24(17)20/h2-9,15H,10-14H2,1H3,(H,27,28,29). The molecule has 154 valence electrons. The fraction of sp³-hybridized carbons (Fsp3) is 0.292. The summed E-state index contributed by atoms with van der Waals surface area (Å²) in [6.45, 7) is 3.84. The second kappa shape index (κ2) is 6.93. The van der Waals surface area contributed by atoms with Crippen LogP contribution in [0.25, 0.3) is 32.3 Å². The average molecular weight is 422 g/mol. The Morgan fingerprint density at radius 1 is 0.933 bits per heavy atom. The number of nitrogens with zero attached hydrogens (tertiary/aromatic N) is 1. The molecule has 0 radical (unpaired) electrons. The molecule has 6 heteroatoms. The highest BCUT2D eigenvalue weighted by Gasteiger charge is 2.22. The van der Waals surface area contributed by atoms with Crippen molar-refractivity contribution in [1.29, 1.82) is 0 Å². The highest BCUT2D eigenvalue weighted by atomic mass is 32.2. The van der Waals surface area contributed by atoms with E-state index in [0.29, 0.717) is 17.7 Å². The van der Waals surface area contributed by atoms with Crippen LogP contribution in [0.3, 0.4) is 0 Å². The highest BCUT2D eigenvalue weighted by Crippen LogP contribution is 2.38. The zero-order valence-corrected chi connectivity index (χ0v) is 17.6. The van der Waals surface area contributed by atoms with Crippen molar-refractivity contribution in [2.24, 2.45) is 5.92 Å². The van der Waals surface area contributed by atoms with E-state index in [4.69, 9.17) is 0 Å². The monoisotopic (exact) mass is 421 g/mol. The molecular weight excluding hydrogens is 398 g/mol.